The number of hydrogen-bond acceptors (Lipinski definition) is 5. The molecule has 0 fully saturated rings. The summed E-state index contributed by atoms with van der Waals surface area (Å²) in [6, 6.07) is 3.92. The number of unbranched alkanes of at least 4 members (excludes halogenated alkanes) is 9. The highest BCUT2D eigenvalue weighted by Gasteiger charge is 2.20. The Morgan fingerprint density at radius 1 is 0.778 bits per heavy atom. The summed E-state index contributed by atoms with van der Waals surface area (Å²) in [6.07, 6.45) is 12.2. The zero-order chi connectivity index (χ0) is 20.1. The van der Waals surface area contributed by atoms with Crippen molar-refractivity contribution in [3.05, 3.63) is 23.8 Å². The number of benzene rings is 1. The Bertz CT molecular complexity index is 529. The first kappa shape index (κ1) is 23.7. The van der Waals surface area contributed by atoms with Crippen molar-refractivity contribution in [2.75, 3.05) is 6.54 Å². The van der Waals surface area contributed by atoms with E-state index in [1.807, 2.05) is 0 Å². The van der Waals surface area contributed by atoms with E-state index >= 15 is 0 Å². The minimum Gasteiger partial charge on any atom is -0.423 e. The van der Waals surface area contributed by atoms with E-state index in [1.54, 1.807) is 0 Å². The third-order valence-corrected chi connectivity index (χ3v) is 4.65. The van der Waals surface area contributed by atoms with Gasteiger partial charge in [0.05, 0.1) is 0 Å². The van der Waals surface area contributed by atoms with Crippen molar-refractivity contribution in [3.63, 3.8) is 0 Å². The maximum atomic E-state index is 12.2. The van der Waals surface area contributed by atoms with Crippen molar-refractivity contribution in [2.24, 2.45) is 0 Å². The predicted molar refractivity (Wildman–Crippen MR) is 110 cm³/mol. The van der Waals surface area contributed by atoms with Crippen molar-refractivity contribution in [2.45, 2.75) is 71.1 Å². The lowest BCUT2D eigenvalue weighted by Crippen LogP contribution is -2.40. The first-order valence-corrected chi connectivity index (χ1v) is 10.1. The van der Waals surface area contributed by atoms with Gasteiger partial charge in [-0.05, 0) is 29.5 Å². The molecule has 6 nitrogen and oxygen atoms in total. The Hall–Kier alpha value is -1.34. The van der Waals surface area contributed by atoms with Crippen molar-refractivity contribution in [1.82, 2.24) is 5.32 Å². The fourth-order valence-corrected chi connectivity index (χ4v) is 3.02. The van der Waals surface area contributed by atoms with Gasteiger partial charge in [-0.15, -0.1) is 0 Å². The molecule has 1 amide bonds. The van der Waals surface area contributed by atoms with E-state index in [0.717, 1.165) is 19.3 Å². The van der Waals surface area contributed by atoms with Crippen LogP contribution in [0.5, 0.6) is 0 Å². The van der Waals surface area contributed by atoms with Crippen molar-refractivity contribution >= 4 is 31.1 Å². The van der Waals surface area contributed by atoms with E-state index < -0.39 is 14.2 Å². The van der Waals surface area contributed by atoms with Gasteiger partial charge in [0.25, 0.3) is 5.91 Å². The van der Waals surface area contributed by atoms with Crippen LogP contribution in [0, 0.1) is 0 Å². The van der Waals surface area contributed by atoms with Crippen molar-refractivity contribution < 1.29 is 24.9 Å². The van der Waals surface area contributed by atoms with Gasteiger partial charge < -0.3 is 25.4 Å². The van der Waals surface area contributed by atoms with E-state index in [0.29, 0.717) is 6.54 Å². The quantitative estimate of drug-likeness (QED) is 0.242. The second kappa shape index (κ2) is 13.8. The van der Waals surface area contributed by atoms with Gasteiger partial charge in [0.2, 0.25) is 0 Å². The van der Waals surface area contributed by atoms with Gasteiger partial charge in [-0.25, -0.2) is 0 Å². The van der Waals surface area contributed by atoms with Crippen molar-refractivity contribution in [3.8, 4) is 0 Å². The van der Waals surface area contributed by atoms with Crippen LogP contribution in [0.3, 0.4) is 0 Å². The minimum atomic E-state index is -1.78. The SMILES string of the molecule is CCCCCCCCCCCCNC(=O)c1cc(B(O)O)cc(B(O)O)c1. The molecular weight excluding hydrogens is 344 g/mol. The van der Waals surface area contributed by atoms with Crippen LogP contribution in [0.25, 0.3) is 0 Å². The first-order valence-electron chi connectivity index (χ1n) is 10.1. The summed E-state index contributed by atoms with van der Waals surface area (Å²) in [6.45, 7) is 2.76. The highest BCUT2D eigenvalue weighted by molar-refractivity contribution is 6.62. The highest BCUT2D eigenvalue weighted by atomic mass is 16.4. The van der Waals surface area contributed by atoms with Gasteiger partial charge in [0, 0.05) is 12.1 Å². The summed E-state index contributed by atoms with van der Waals surface area (Å²) in [5.41, 5.74) is 0.269. The maximum absolute atomic E-state index is 12.2. The van der Waals surface area contributed by atoms with Gasteiger partial charge in [-0.3, -0.25) is 4.79 Å². The summed E-state index contributed by atoms with van der Waals surface area (Å²) in [5, 5.41) is 39.9. The maximum Gasteiger partial charge on any atom is 0.488 e. The average Bonchev–Trinajstić information content (AvgIpc) is 2.65. The molecule has 1 aromatic rings. The molecule has 27 heavy (non-hydrogen) atoms. The second-order valence-corrected chi connectivity index (χ2v) is 7.07. The molecule has 0 aromatic heterocycles. The molecule has 0 heterocycles. The molecule has 0 bridgehead atoms. The molecule has 0 saturated heterocycles. The monoisotopic (exact) mass is 377 g/mol. The van der Waals surface area contributed by atoms with E-state index in [1.165, 1.54) is 63.1 Å². The molecule has 0 spiro atoms. The molecule has 0 atom stereocenters. The largest absolute Gasteiger partial charge is 0.488 e. The van der Waals surface area contributed by atoms with Crippen LogP contribution in [-0.2, 0) is 0 Å². The smallest absolute Gasteiger partial charge is 0.423 e. The molecule has 1 rings (SSSR count). The van der Waals surface area contributed by atoms with E-state index in [4.69, 9.17) is 0 Å². The lowest BCUT2D eigenvalue weighted by atomic mass is 9.72. The Morgan fingerprint density at radius 2 is 1.22 bits per heavy atom. The van der Waals surface area contributed by atoms with Gasteiger partial charge in [-0.1, -0.05) is 70.8 Å². The zero-order valence-electron chi connectivity index (χ0n) is 16.4. The summed E-state index contributed by atoms with van der Waals surface area (Å²) >= 11 is 0. The molecule has 0 unspecified atom stereocenters. The summed E-state index contributed by atoms with van der Waals surface area (Å²) < 4.78 is 0. The predicted octanol–water partition coefficient (Wildman–Crippen LogP) is 0.697. The van der Waals surface area contributed by atoms with Gasteiger partial charge in [0.15, 0.2) is 0 Å². The van der Waals surface area contributed by atoms with Crippen molar-refractivity contribution in [1.29, 1.82) is 0 Å². The number of rotatable bonds is 14. The third kappa shape index (κ3) is 9.96. The van der Waals surface area contributed by atoms with Crippen LogP contribution in [0.15, 0.2) is 18.2 Å². The molecule has 0 saturated carbocycles. The van der Waals surface area contributed by atoms with Crippen LogP contribution >= 0.6 is 0 Å². The van der Waals surface area contributed by atoms with Crippen LogP contribution in [-0.4, -0.2) is 46.8 Å². The lowest BCUT2D eigenvalue weighted by Gasteiger charge is -2.10. The van der Waals surface area contributed by atoms with Crippen LogP contribution in [0.4, 0.5) is 0 Å². The number of carbonyl (C=O) groups is 1. The summed E-state index contributed by atoms with van der Waals surface area (Å²) in [4.78, 5) is 12.2. The fourth-order valence-electron chi connectivity index (χ4n) is 3.02. The van der Waals surface area contributed by atoms with Crippen LogP contribution < -0.4 is 16.2 Å². The lowest BCUT2D eigenvalue weighted by molar-refractivity contribution is 0.0953. The Kier molecular flexibility index (Phi) is 12.1. The minimum absolute atomic E-state index is 0.0460. The molecule has 5 N–H and O–H groups in total. The topological polar surface area (TPSA) is 110 Å². The second-order valence-electron chi connectivity index (χ2n) is 7.07. The van der Waals surface area contributed by atoms with Gasteiger partial charge >= 0.3 is 14.2 Å². The number of carbonyl (C=O) groups excluding carboxylic acids is 1. The van der Waals surface area contributed by atoms with Crippen LogP contribution in [0.2, 0.25) is 0 Å². The van der Waals surface area contributed by atoms with Gasteiger partial charge in [-0.2, -0.15) is 0 Å². The van der Waals surface area contributed by atoms with Gasteiger partial charge in [0.1, 0.15) is 0 Å². The number of nitrogens with one attached hydrogen (secondary N) is 1. The number of hydrogen-bond donors (Lipinski definition) is 5. The van der Waals surface area contributed by atoms with E-state index in [-0.39, 0.29) is 22.4 Å². The van der Waals surface area contributed by atoms with E-state index in [9.17, 15) is 24.9 Å². The number of amides is 1. The molecular formula is C19H33B2NO5. The van der Waals surface area contributed by atoms with Crippen LogP contribution in [0.1, 0.15) is 81.5 Å². The fraction of sp³-hybridized carbons (Fsp3) is 0.632. The molecule has 150 valence electrons. The molecule has 0 radical (unpaired) electrons. The highest BCUT2D eigenvalue weighted by Crippen LogP contribution is 2.10. The molecule has 0 aliphatic carbocycles. The average molecular weight is 377 g/mol. The molecule has 0 aliphatic heterocycles. The summed E-state index contributed by atoms with van der Waals surface area (Å²) in [7, 11) is -3.56. The zero-order valence-corrected chi connectivity index (χ0v) is 16.4. The third-order valence-electron chi connectivity index (χ3n) is 4.65. The molecule has 8 heteroatoms. The Labute approximate surface area is 163 Å². The molecule has 0 aliphatic rings. The normalized spacial score (nSPS) is 10.7. The molecule has 1 aromatic carbocycles. The van der Waals surface area contributed by atoms with E-state index in [2.05, 4.69) is 12.2 Å². The Morgan fingerprint density at radius 3 is 1.67 bits per heavy atom. The Balaban J connectivity index is 2.27. The summed E-state index contributed by atoms with van der Waals surface area (Å²) in [5.74, 6) is -0.365. The standard InChI is InChI=1S/C19H33B2NO5/c1-2-3-4-5-6-7-8-9-10-11-12-22-19(23)16-13-17(20(24)25)15-18(14-16)21(26)27/h13-15,24-27H,2-12H2,1H3,(H,22,23). The first-order chi connectivity index (χ1) is 13.0.